The second kappa shape index (κ2) is 10.1. The van der Waals surface area contributed by atoms with E-state index in [1.165, 1.54) is 18.2 Å². The summed E-state index contributed by atoms with van der Waals surface area (Å²) in [6, 6.07) is 12.6. The Labute approximate surface area is 179 Å². The van der Waals surface area contributed by atoms with Gasteiger partial charge in [0.2, 0.25) is 0 Å². The summed E-state index contributed by atoms with van der Waals surface area (Å²) in [5.41, 5.74) is 7.15. The van der Waals surface area contributed by atoms with E-state index in [0.29, 0.717) is 37.4 Å². The predicted octanol–water partition coefficient (Wildman–Crippen LogP) is 2.98. The number of amides is 3. The molecule has 1 aliphatic heterocycles. The van der Waals surface area contributed by atoms with Crippen molar-refractivity contribution in [3.05, 3.63) is 70.3 Å². The maximum absolute atomic E-state index is 12.1. The number of urea groups is 1. The van der Waals surface area contributed by atoms with E-state index in [1.54, 1.807) is 43.5 Å². The molecule has 3 amide bonds. The van der Waals surface area contributed by atoms with Gasteiger partial charge in [-0.05, 0) is 49.2 Å². The second-order valence-electron chi connectivity index (χ2n) is 6.86. The smallest absolute Gasteiger partial charge is 0.337 e. The Morgan fingerprint density at radius 1 is 1.03 bits per heavy atom. The van der Waals surface area contributed by atoms with E-state index >= 15 is 0 Å². The van der Waals surface area contributed by atoms with Gasteiger partial charge in [-0.2, -0.15) is 0 Å². The molecule has 10 heteroatoms. The molecule has 0 saturated carbocycles. The molecule has 1 saturated heterocycles. The third-order valence-corrected chi connectivity index (χ3v) is 4.81. The largest absolute Gasteiger partial charge is 0.497 e. The van der Waals surface area contributed by atoms with E-state index in [2.05, 4.69) is 21.1 Å². The lowest BCUT2D eigenvalue weighted by atomic mass is 10.0. The molecule has 0 aliphatic carbocycles. The first kappa shape index (κ1) is 21.6. The quantitative estimate of drug-likeness (QED) is 0.384. The Morgan fingerprint density at radius 2 is 1.68 bits per heavy atom. The van der Waals surface area contributed by atoms with Gasteiger partial charge in [0.05, 0.1) is 12.0 Å². The first-order valence-electron chi connectivity index (χ1n) is 9.64. The fourth-order valence-electron chi connectivity index (χ4n) is 3.16. The van der Waals surface area contributed by atoms with Crippen LogP contribution in [-0.4, -0.2) is 37.1 Å². The molecule has 2 aromatic rings. The highest BCUT2D eigenvalue weighted by molar-refractivity contribution is 5.93. The number of carbonyl (C=O) groups is 2. The van der Waals surface area contributed by atoms with Crippen molar-refractivity contribution >= 4 is 29.0 Å². The van der Waals surface area contributed by atoms with Crippen molar-refractivity contribution in [2.75, 3.05) is 30.4 Å². The van der Waals surface area contributed by atoms with Gasteiger partial charge < -0.3 is 15.0 Å². The van der Waals surface area contributed by atoms with E-state index < -0.39 is 16.9 Å². The predicted molar refractivity (Wildman–Crippen MR) is 116 cm³/mol. The van der Waals surface area contributed by atoms with Crippen LogP contribution in [0.3, 0.4) is 0 Å². The minimum atomic E-state index is -0.565. The minimum Gasteiger partial charge on any atom is -0.497 e. The van der Waals surface area contributed by atoms with Gasteiger partial charge in [-0.25, -0.2) is 10.2 Å². The third kappa shape index (κ3) is 6.20. The maximum atomic E-state index is 12.1. The number of ether oxygens (including phenoxy) is 1. The van der Waals surface area contributed by atoms with Gasteiger partial charge in [0, 0.05) is 42.7 Å². The summed E-state index contributed by atoms with van der Waals surface area (Å²) in [6.45, 7) is 1.39. The van der Waals surface area contributed by atoms with Crippen LogP contribution in [0.5, 0.6) is 5.75 Å². The van der Waals surface area contributed by atoms with Gasteiger partial charge in [-0.15, -0.1) is 0 Å². The van der Waals surface area contributed by atoms with Crippen LogP contribution in [0, 0.1) is 10.1 Å². The van der Waals surface area contributed by atoms with E-state index in [0.717, 1.165) is 11.3 Å². The Kier molecular flexibility index (Phi) is 7.05. The highest BCUT2D eigenvalue weighted by Gasteiger charge is 2.16. The number of hydrogen-bond acceptors (Lipinski definition) is 6. The molecule has 1 heterocycles. The van der Waals surface area contributed by atoms with Crippen LogP contribution in [0.15, 0.2) is 60.2 Å². The molecule has 0 radical (unpaired) electrons. The summed E-state index contributed by atoms with van der Waals surface area (Å²) in [4.78, 5) is 36.4. The Morgan fingerprint density at radius 3 is 2.26 bits per heavy atom. The molecule has 0 unspecified atom stereocenters. The molecule has 1 fully saturated rings. The number of methoxy groups -OCH3 is 1. The summed E-state index contributed by atoms with van der Waals surface area (Å²) < 4.78 is 5.05. The lowest BCUT2D eigenvalue weighted by Crippen LogP contribution is -2.43. The van der Waals surface area contributed by atoms with Crippen molar-refractivity contribution in [3.8, 4) is 5.75 Å². The molecule has 0 bridgehead atoms. The molecule has 10 nitrogen and oxygen atoms in total. The zero-order chi connectivity index (χ0) is 22.2. The average Bonchev–Trinajstić information content (AvgIpc) is 2.79. The van der Waals surface area contributed by atoms with Crippen molar-refractivity contribution in [1.82, 2.24) is 10.9 Å². The topological polar surface area (TPSA) is 126 Å². The number of nitro groups is 1. The highest BCUT2D eigenvalue weighted by atomic mass is 16.6. The number of rotatable bonds is 5. The SMILES string of the molecule is COc1ccc(NC(=O)NNC(=O)C=C2CCN(c3ccc([N+](=O)[O-])cc3)CC2)cc1. The standard InChI is InChI=1S/C21H23N5O5/c1-31-19-8-2-16(3-9-19)22-21(28)24-23-20(27)14-15-10-12-25(13-11-15)17-4-6-18(7-5-17)26(29)30/h2-9,14H,10-13H2,1H3,(H,23,27)(H2,22,24,28). The number of hydrogen-bond donors (Lipinski definition) is 3. The van der Waals surface area contributed by atoms with Crippen molar-refractivity contribution in [1.29, 1.82) is 0 Å². The lowest BCUT2D eigenvalue weighted by Gasteiger charge is -2.30. The monoisotopic (exact) mass is 425 g/mol. The number of non-ortho nitro benzene ring substituents is 1. The van der Waals surface area contributed by atoms with E-state index in [9.17, 15) is 19.7 Å². The number of benzene rings is 2. The maximum Gasteiger partial charge on any atom is 0.337 e. The molecule has 2 aromatic carbocycles. The zero-order valence-corrected chi connectivity index (χ0v) is 17.0. The number of nitrogens with one attached hydrogen (secondary N) is 3. The van der Waals surface area contributed by atoms with Gasteiger partial charge in [0.1, 0.15) is 5.75 Å². The van der Waals surface area contributed by atoms with Crippen molar-refractivity contribution in [2.45, 2.75) is 12.8 Å². The average molecular weight is 425 g/mol. The number of nitrogens with zero attached hydrogens (tertiary/aromatic N) is 2. The summed E-state index contributed by atoms with van der Waals surface area (Å²) in [6.07, 6.45) is 2.85. The summed E-state index contributed by atoms with van der Waals surface area (Å²) in [7, 11) is 1.55. The second-order valence-corrected chi connectivity index (χ2v) is 6.86. The number of carbonyl (C=O) groups excluding carboxylic acids is 2. The zero-order valence-electron chi connectivity index (χ0n) is 17.0. The molecular weight excluding hydrogens is 402 g/mol. The van der Waals surface area contributed by atoms with Crippen LogP contribution in [0.1, 0.15) is 12.8 Å². The molecule has 0 aromatic heterocycles. The molecular formula is C21H23N5O5. The van der Waals surface area contributed by atoms with Gasteiger partial charge in [0.15, 0.2) is 0 Å². The third-order valence-electron chi connectivity index (χ3n) is 4.81. The summed E-state index contributed by atoms with van der Waals surface area (Å²) in [5.74, 6) is 0.258. The summed E-state index contributed by atoms with van der Waals surface area (Å²) in [5, 5.41) is 13.4. The highest BCUT2D eigenvalue weighted by Crippen LogP contribution is 2.24. The lowest BCUT2D eigenvalue weighted by molar-refractivity contribution is -0.384. The van der Waals surface area contributed by atoms with Crippen LogP contribution < -0.4 is 25.8 Å². The number of nitro benzene ring substituents is 1. The fourth-order valence-corrected chi connectivity index (χ4v) is 3.16. The number of anilines is 2. The molecule has 0 spiro atoms. The van der Waals surface area contributed by atoms with Gasteiger partial charge in [0.25, 0.3) is 11.6 Å². The van der Waals surface area contributed by atoms with E-state index in [4.69, 9.17) is 4.74 Å². The van der Waals surface area contributed by atoms with Crippen LogP contribution in [0.2, 0.25) is 0 Å². The Balaban J connectivity index is 1.43. The van der Waals surface area contributed by atoms with Crippen molar-refractivity contribution in [2.24, 2.45) is 0 Å². The molecule has 31 heavy (non-hydrogen) atoms. The van der Waals surface area contributed by atoms with Crippen molar-refractivity contribution in [3.63, 3.8) is 0 Å². The van der Waals surface area contributed by atoms with E-state index in [1.807, 2.05) is 0 Å². The van der Waals surface area contributed by atoms with E-state index in [-0.39, 0.29) is 5.69 Å². The Bertz CT molecular complexity index is 963. The van der Waals surface area contributed by atoms with Gasteiger partial charge in [-0.1, -0.05) is 5.57 Å². The van der Waals surface area contributed by atoms with Crippen LogP contribution in [-0.2, 0) is 4.79 Å². The number of piperidine rings is 1. The minimum absolute atomic E-state index is 0.0570. The Hall–Kier alpha value is -4.08. The van der Waals surface area contributed by atoms with Crippen LogP contribution >= 0.6 is 0 Å². The van der Waals surface area contributed by atoms with Crippen molar-refractivity contribution < 1.29 is 19.2 Å². The first-order chi connectivity index (χ1) is 14.9. The first-order valence-corrected chi connectivity index (χ1v) is 9.64. The normalized spacial score (nSPS) is 13.2. The molecule has 3 N–H and O–H groups in total. The molecule has 1 aliphatic rings. The van der Waals surface area contributed by atoms with Gasteiger partial charge in [-0.3, -0.25) is 20.3 Å². The fraction of sp³-hybridized carbons (Fsp3) is 0.238. The number of hydrazine groups is 1. The molecule has 0 atom stereocenters. The molecule has 3 rings (SSSR count). The van der Waals surface area contributed by atoms with Crippen LogP contribution in [0.4, 0.5) is 21.9 Å². The molecule has 162 valence electrons. The van der Waals surface area contributed by atoms with Gasteiger partial charge >= 0.3 is 6.03 Å². The summed E-state index contributed by atoms with van der Waals surface area (Å²) >= 11 is 0. The van der Waals surface area contributed by atoms with Crippen LogP contribution in [0.25, 0.3) is 0 Å².